The summed E-state index contributed by atoms with van der Waals surface area (Å²) in [5.74, 6) is 0.0729. The molecule has 0 fully saturated rings. The van der Waals surface area contributed by atoms with E-state index in [9.17, 15) is 8.42 Å². The summed E-state index contributed by atoms with van der Waals surface area (Å²) in [7, 11) is -3.22. The van der Waals surface area contributed by atoms with Crippen molar-refractivity contribution >= 4 is 21.6 Å². The average molecular weight is 248 g/mol. The lowest BCUT2D eigenvalue weighted by atomic mass is 10.1. The highest BCUT2D eigenvalue weighted by Gasteiger charge is 2.08. The summed E-state index contributed by atoms with van der Waals surface area (Å²) >= 11 is 5.37. The van der Waals surface area contributed by atoms with Gasteiger partial charge in [-0.1, -0.05) is 29.8 Å². The molecular formula is C10H14ClNO2S. The minimum Gasteiger partial charge on any atom is -0.212 e. The van der Waals surface area contributed by atoms with Crippen LogP contribution in [0.5, 0.6) is 0 Å². The Kier molecular flexibility index (Phi) is 4.57. The largest absolute Gasteiger partial charge is 0.213 e. The Hall–Kier alpha value is -0.580. The fraction of sp³-hybridized carbons (Fsp3) is 0.400. The van der Waals surface area contributed by atoms with Crippen molar-refractivity contribution in [3.05, 3.63) is 35.4 Å². The van der Waals surface area contributed by atoms with Crippen molar-refractivity contribution < 1.29 is 8.42 Å². The van der Waals surface area contributed by atoms with E-state index >= 15 is 0 Å². The number of aryl methyl sites for hydroxylation is 1. The molecule has 0 saturated heterocycles. The van der Waals surface area contributed by atoms with E-state index in [1.54, 1.807) is 0 Å². The predicted octanol–water partition coefficient (Wildman–Crippen LogP) is 1.65. The molecule has 1 N–H and O–H groups in total. The van der Waals surface area contributed by atoms with Crippen molar-refractivity contribution in [2.24, 2.45) is 0 Å². The molecule has 1 aromatic carbocycles. The summed E-state index contributed by atoms with van der Waals surface area (Å²) in [4.78, 5) is 0. The van der Waals surface area contributed by atoms with Crippen molar-refractivity contribution in [3.8, 4) is 0 Å². The third kappa shape index (κ3) is 4.64. The molecule has 15 heavy (non-hydrogen) atoms. The lowest BCUT2D eigenvalue weighted by Crippen LogP contribution is -2.26. The van der Waals surface area contributed by atoms with E-state index in [0.29, 0.717) is 6.54 Å². The van der Waals surface area contributed by atoms with E-state index in [4.69, 9.17) is 11.6 Å². The van der Waals surface area contributed by atoms with Crippen LogP contribution in [0.2, 0.25) is 0 Å². The van der Waals surface area contributed by atoms with Crippen LogP contribution in [0.3, 0.4) is 0 Å². The lowest BCUT2D eigenvalue weighted by Gasteiger charge is -2.05. The summed E-state index contributed by atoms with van der Waals surface area (Å²) in [6.45, 7) is 2.29. The van der Waals surface area contributed by atoms with Crippen LogP contribution < -0.4 is 4.72 Å². The molecule has 0 atom stereocenters. The van der Waals surface area contributed by atoms with Crippen molar-refractivity contribution in [2.45, 2.75) is 13.5 Å². The standard InChI is InChI=1S/C10H14ClNO2S/c1-9-3-2-4-10(7-9)8-12-15(13,14)6-5-11/h2-4,7,12H,5-6,8H2,1H3. The molecular weight excluding hydrogens is 234 g/mol. The van der Waals surface area contributed by atoms with Gasteiger partial charge in [0.25, 0.3) is 0 Å². The van der Waals surface area contributed by atoms with Crippen LogP contribution >= 0.6 is 11.6 Å². The van der Waals surface area contributed by atoms with E-state index in [2.05, 4.69) is 4.72 Å². The Labute approximate surface area is 95.5 Å². The third-order valence-corrected chi connectivity index (χ3v) is 3.66. The van der Waals surface area contributed by atoms with Gasteiger partial charge in [-0.15, -0.1) is 11.6 Å². The summed E-state index contributed by atoms with van der Waals surface area (Å²) in [5, 5.41) is 0. The zero-order valence-electron chi connectivity index (χ0n) is 8.53. The molecule has 0 aromatic heterocycles. The smallest absolute Gasteiger partial charge is 0.212 e. The summed E-state index contributed by atoms with van der Waals surface area (Å²) in [6.07, 6.45) is 0. The number of halogens is 1. The molecule has 0 aliphatic carbocycles. The maximum Gasteiger partial charge on any atom is 0.213 e. The average Bonchev–Trinajstić information content (AvgIpc) is 2.15. The molecule has 0 radical (unpaired) electrons. The van der Waals surface area contributed by atoms with Crippen LogP contribution in [0.15, 0.2) is 24.3 Å². The van der Waals surface area contributed by atoms with Crippen LogP contribution in [0, 0.1) is 6.92 Å². The number of hydrogen-bond donors (Lipinski definition) is 1. The van der Waals surface area contributed by atoms with Gasteiger partial charge in [-0.2, -0.15) is 0 Å². The van der Waals surface area contributed by atoms with Gasteiger partial charge < -0.3 is 0 Å². The molecule has 0 heterocycles. The second-order valence-corrected chi connectivity index (χ2v) is 5.62. The van der Waals surface area contributed by atoms with E-state index in [1.807, 2.05) is 31.2 Å². The van der Waals surface area contributed by atoms with E-state index in [-0.39, 0.29) is 11.6 Å². The monoisotopic (exact) mass is 247 g/mol. The molecule has 0 aliphatic heterocycles. The quantitative estimate of drug-likeness (QED) is 0.805. The molecule has 84 valence electrons. The molecule has 0 amide bonds. The molecule has 0 unspecified atom stereocenters. The number of benzene rings is 1. The highest BCUT2D eigenvalue weighted by molar-refractivity contribution is 7.89. The topological polar surface area (TPSA) is 46.2 Å². The molecule has 0 spiro atoms. The minimum atomic E-state index is -3.22. The summed E-state index contributed by atoms with van der Waals surface area (Å²) in [6, 6.07) is 7.71. The van der Waals surface area contributed by atoms with Crippen LogP contribution in [0.4, 0.5) is 0 Å². The van der Waals surface area contributed by atoms with E-state index in [1.165, 1.54) is 0 Å². The third-order valence-electron chi connectivity index (χ3n) is 1.92. The van der Waals surface area contributed by atoms with Crippen LogP contribution in [0.25, 0.3) is 0 Å². The fourth-order valence-corrected chi connectivity index (χ4v) is 2.53. The maximum atomic E-state index is 11.3. The number of nitrogens with one attached hydrogen (secondary N) is 1. The van der Waals surface area contributed by atoms with Gasteiger partial charge >= 0.3 is 0 Å². The first-order valence-corrected chi connectivity index (χ1v) is 6.81. The highest BCUT2D eigenvalue weighted by Crippen LogP contribution is 2.03. The first-order chi connectivity index (χ1) is 7.03. The molecule has 0 saturated carbocycles. The predicted molar refractivity (Wildman–Crippen MR) is 62.5 cm³/mol. The first-order valence-electron chi connectivity index (χ1n) is 4.62. The van der Waals surface area contributed by atoms with Gasteiger partial charge in [0, 0.05) is 12.4 Å². The van der Waals surface area contributed by atoms with Gasteiger partial charge in [0.15, 0.2) is 0 Å². The van der Waals surface area contributed by atoms with E-state index in [0.717, 1.165) is 11.1 Å². The number of hydrogen-bond acceptors (Lipinski definition) is 2. The molecule has 3 nitrogen and oxygen atoms in total. The lowest BCUT2D eigenvalue weighted by molar-refractivity contribution is 0.583. The Morgan fingerprint density at radius 1 is 1.40 bits per heavy atom. The minimum absolute atomic E-state index is 0.0413. The number of rotatable bonds is 5. The van der Waals surface area contributed by atoms with Gasteiger partial charge in [-0.05, 0) is 12.5 Å². The Balaban J connectivity index is 2.58. The number of sulfonamides is 1. The zero-order valence-corrected chi connectivity index (χ0v) is 10.1. The highest BCUT2D eigenvalue weighted by atomic mass is 35.5. The Morgan fingerprint density at radius 2 is 2.13 bits per heavy atom. The molecule has 0 bridgehead atoms. The second kappa shape index (κ2) is 5.49. The molecule has 1 rings (SSSR count). The van der Waals surface area contributed by atoms with Crippen LogP contribution in [-0.2, 0) is 16.6 Å². The number of alkyl halides is 1. The van der Waals surface area contributed by atoms with Gasteiger partial charge in [-0.25, -0.2) is 13.1 Å². The zero-order chi connectivity index (χ0) is 11.3. The summed E-state index contributed by atoms with van der Waals surface area (Å²) < 4.78 is 25.1. The van der Waals surface area contributed by atoms with Crippen molar-refractivity contribution in [3.63, 3.8) is 0 Å². The SMILES string of the molecule is Cc1cccc(CNS(=O)(=O)CCCl)c1. The van der Waals surface area contributed by atoms with Crippen LogP contribution in [0.1, 0.15) is 11.1 Å². The van der Waals surface area contributed by atoms with Gasteiger partial charge in [0.05, 0.1) is 5.75 Å². The molecule has 5 heteroatoms. The Bertz CT molecular complexity index is 417. The van der Waals surface area contributed by atoms with Crippen LogP contribution in [-0.4, -0.2) is 20.1 Å². The second-order valence-electron chi connectivity index (χ2n) is 3.32. The van der Waals surface area contributed by atoms with Gasteiger partial charge in [-0.3, -0.25) is 0 Å². The fourth-order valence-electron chi connectivity index (χ4n) is 1.19. The molecule has 1 aromatic rings. The maximum absolute atomic E-state index is 11.3. The normalized spacial score (nSPS) is 11.6. The van der Waals surface area contributed by atoms with Crippen molar-refractivity contribution in [2.75, 3.05) is 11.6 Å². The van der Waals surface area contributed by atoms with Gasteiger partial charge in [0.2, 0.25) is 10.0 Å². The molecule has 0 aliphatic rings. The first kappa shape index (κ1) is 12.5. The van der Waals surface area contributed by atoms with E-state index < -0.39 is 10.0 Å². The van der Waals surface area contributed by atoms with Crippen molar-refractivity contribution in [1.29, 1.82) is 0 Å². The van der Waals surface area contributed by atoms with Crippen molar-refractivity contribution in [1.82, 2.24) is 4.72 Å². The van der Waals surface area contributed by atoms with Gasteiger partial charge in [0.1, 0.15) is 0 Å². The summed E-state index contributed by atoms with van der Waals surface area (Å²) in [5.41, 5.74) is 2.07. The Morgan fingerprint density at radius 3 is 2.73 bits per heavy atom.